The molecule has 1 aliphatic carbocycles. The Bertz CT molecular complexity index is 1800. The largest absolute Gasteiger partial charge is 0.383 e. The van der Waals surface area contributed by atoms with Crippen LogP contribution in [0.25, 0.3) is 11.1 Å². The molecule has 0 aliphatic heterocycles. The lowest BCUT2D eigenvalue weighted by molar-refractivity contribution is -0.119. The number of amides is 2. The summed E-state index contributed by atoms with van der Waals surface area (Å²) in [5.74, 6) is -0.352. The molecule has 2 amide bonds. The summed E-state index contributed by atoms with van der Waals surface area (Å²) in [6.45, 7) is 1.41. The van der Waals surface area contributed by atoms with Crippen LogP contribution in [0.2, 0.25) is 10.0 Å². The summed E-state index contributed by atoms with van der Waals surface area (Å²) in [7, 11) is 1.47. The SMILES string of the molecule is COCC(C)n1c(=O)c(-c2cccc(Cl)c2Cl)cn(CC(=O)Nc2ccc3c(c2)CC(C(=O)Nc2ccccn2)C3)c1=O. The number of aromatic nitrogens is 3. The number of hydrogen-bond donors (Lipinski definition) is 2. The molecular weight excluding hydrogens is 593 g/mol. The van der Waals surface area contributed by atoms with Gasteiger partial charge in [-0.25, -0.2) is 9.78 Å². The number of anilines is 2. The molecule has 222 valence electrons. The fourth-order valence-corrected chi connectivity index (χ4v) is 5.64. The van der Waals surface area contributed by atoms with E-state index in [0.29, 0.717) is 29.9 Å². The number of halogens is 2. The van der Waals surface area contributed by atoms with Gasteiger partial charge in [-0.1, -0.05) is 47.5 Å². The zero-order chi connectivity index (χ0) is 30.7. The molecule has 1 aliphatic rings. The van der Waals surface area contributed by atoms with E-state index >= 15 is 0 Å². The number of nitrogens with zero attached hydrogens (tertiary/aromatic N) is 3. The van der Waals surface area contributed by atoms with Gasteiger partial charge in [0, 0.05) is 36.7 Å². The van der Waals surface area contributed by atoms with Crippen LogP contribution in [-0.4, -0.2) is 39.6 Å². The highest BCUT2D eigenvalue weighted by molar-refractivity contribution is 6.43. The first-order valence-electron chi connectivity index (χ1n) is 13.6. The summed E-state index contributed by atoms with van der Waals surface area (Å²) in [5, 5.41) is 6.08. The fourth-order valence-electron chi connectivity index (χ4n) is 5.24. The van der Waals surface area contributed by atoms with Crippen molar-refractivity contribution in [1.82, 2.24) is 14.1 Å². The smallest absolute Gasteiger partial charge is 0.331 e. The Morgan fingerprint density at radius 3 is 2.56 bits per heavy atom. The molecule has 12 heteroatoms. The molecule has 2 atom stereocenters. The molecule has 0 bridgehead atoms. The lowest BCUT2D eigenvalue weighted by Gasteiger charge is -2.18. The van der Waals surface area contributed by atoms with Crippen molar-refractivity contribution < 1.29 is 14.3 Å². The molecule has 2 aromatic carbocycles. The maximum atomic E-state index is 13.4. The van der Waals surface area contributed by atoms with Crippen LogP contribution in [0.15, 0.2) is 76.6 Å². The number of pyridine rings is 1. The van der Waals surface area contributed by atoms with Gasteiger partial charge < -0.3 is 15.4 Å². The van der Waals surface area contributed by atoms with Gasteiger partial charge in [-0.3, -0.25) is 23.5 Å². The molecule has 0 radical (unpaired) electrons. The highest BCUT2D eigenvalue weighted by atomic mass is 35.5. The Kier molecular flexibility index (Phi) is 9.10. The van der Waals surface area contributed by atoms with Crippen LogP contribution in [0.3, 0.4) is 0 Å². The number of carbonyl (C=O) groups excluding carboxylic acids is 2. The average molecular weight is 623 g/mol. The quantitative estimate of drug-likeness (QED) is 0.282. The van der Waals surface area contributed by atoms with Gasteiger partial charge in [-0.05, 0) is 61.2 Å². The molecule has 10 nitrogen and oxygen atoms in total. The standard InChI is InChI=1S/C31H29Cl2N5O5/c1-18(17-43-2)38-30(41)24(23-6-5-7-25(32)28(23)33)15-37(31(38)42)16-27(39)35-22-10-9-19-12-21(13-20(19)14-22)29(40)36-26-8-3-4-11-34-26/h3-11,14-15,18,21H,12-13,16-17H2,1-2H3,(H,35,39)(H,34,36,40). The van der Waals surface area contributed by atoms with Crippen molar-refractivity contribution in [2.45, 2.75) is 32.4 Å². The van der Waals surface area contributed by atoms with Crippen molar-refractivity contribution in [1.29, 1.82) is 0 Å². The van der Waals surface area contributed by atoms with Gasteiger partial charge in [-0.2, -0.15) is 0 Å². The number of carbonyl (C=O) groups is 2. The summed E-state index contributed by atoms with van der Waals surface area (Å²) in [6, 6.07) is 15.0. The molecule has 2 N–H and O–H groups in total. The summed E-state index contributed by atoms with van der Waals surface area (Å²) in [5.41, 5.74) is 1.73. The van der Waals surface area contributed by atoms with Crippen LogP contribution in [-0.2, 0) is 33.7 Å². The zero-order valence-electron chi connectivity index (χ0n) is 23.5. The Morgan fingerprint density at radius 1 is 1.02 bits per heavy atom. The third kappa shape index (κ3) is 6.56. The monoisotopic (exact) mass is 621 g/mol. The first kappa shape index (κ1) is 30.2. The summed E-state index contributed by atoms with van der Waals surface area (Å²) < 4.78 is 7.40. The molecule has 0 saturated carbocycles. The van der Waals surface area contributed by atoms with E-state index in [9.17, 15) is 19.2 Å². The molecule has 5 rings (SSSR count). The van der Waals surface area contributed by atoms with Crippen LogP contribution in [0, 0.1) is 5.92 Å². The average Bonchev–Trinajstić information content (AvgIpc) is 3.41. The second-order valence-corrected chi connectivity index (χ2v) is 11.2. The molecule has 2 heterocycles. The summed E-state index contributed by atoms with van der Waals surface area (Å²) in [4.78, 5) is 57.0. The van der Waals surface area contributed by atoms with E-state index in [-0.39, 0.29) is 40.6 Å². The predicted molar refractivity (Wildman–Crippen MR) is 166 cm³/mol. The number of benzene rings is 2. The maximum absolute atomic E-state index is 13.4. The molecule has 0 saturated heterocycles. The van der Waals surface area contributed by atoms with E-state index in [1.165, 1.54) is 17.9 Å². The van der Waals surface area contributed by atoms with Gasteiger partial charge >= 0.3 is 5.69 Å². The third-order valence-corrected chi connectivity index (χ3v) is 8.12. The van der Waals surface area contributed by atoms with Crippen LogP contribution < -0.4 is 21.9 Å². The van der Waals surface area contributed by atoms with E-state index < -0.39 is 23.2 Å². The highest BCUT2D eigenvalue weighted by Gasteiger charge is 2.28. The first-order valence-corrected chi connectivity index (χ1v) is 14.3. The zero-order valence-corrected chi connectivity index (χ0v) is 25.0. The Labute approximate surface area is 257 Å². The third-order valence-electron chi connectivity index (χ3n) is 7.30. The van der Waals surface area contributed by atoms with Crippen molar-refractivity contribution in [2.75, 3.05) is 24.4 Å². The minimum Gasteiger partial charge on any atom is -0.383 e. The van der Waals surface area contributed by atoms with Crippen molar-refractivity contribution in [3.8, 4) is 11.1 Å². The lowest BCUT2D eigenvalue weighted by Crippen LogP contribution is -2.44. The van der Waals surface area contributed by atoms with Gasteiger partial charge in [0.05, 0.1) is 28.3 Å². The minimum absolute atomic E-state index is 0.101. The molecule has 43 heavy (non-hydrogen) atoms. The summed E-state index contributed by atoms with van der Waals surface area (Å²) in [6.07, 6.45) is 4.03. The van der Waals surface area contributed by atoms with E-state index in [1.807, 2.05) is 12.1 Å². The first-order chi connectivity index (χ1) is 20.7. The summed E-state index contributed by atoms with van der Waals surface area (Å²) >= 11 is 12.6. The van der Waals surface area contributed by atoms with Crippen LogP contribution in [0.5, 0.6) is 0 Å². The van der Waals surface area contributed by atoms with Crippen molar-refractivity contribution >= 4 is 46.5 Å². The number of fused-ring (bicyclic) bond motifs is 1. The van der Waals surface area contributed by atoms with E-state index in [0.717, 1.165) is 15.7 Å². The van der Waals surface area contributed by atoms with Gasteiger partial charge in [-0.15, -0.1) is 0 Å². The van der Waals surface area contributed by atoms with E-state index in [4.69, 9.17) is 27.9 Å². The van der Waals surface area contributed by atoms with Gasteiger partial charge in [0.15, 0.2) is 0 Å². The normalized spacial score (nSPS) is 14.7. The number of rotatable bonds is 9. The second kappa shape index (κ2) is 12.9. The molecule has 4 aromatic rings. The molecule has 2 aromatic heterocycles. The van der Waals surface area contributed by atoms with Crippen LogP contribution in [0.1, 0.15) is 24.1 Å². The van der Waals surface area contributed by atoms with E-state index in [2.05, 4.69) is 15.6 Å². The second-order valence-electron chi connectivity index (χ2n) is 10.4. The topological polar surface area (TPSA) is 124 Å². The Balaban J connectivity index is 1.36. The predicted octanol–water partition coefficient (Wildman–Crippen LogP) is 4.58. The van der Waals surface area contributed by atoms with Crippen molar-refractivity contribution in [2.24, 2.45) is 5.92 Å². The van der Waals surface area contributed by atoms with E-state index in [1.54, 1.807) is 55.6 Å². The van der Waals surface area contributed by atoms with Gasteiger partial charge in [0.2, 0.25) is 11.8 Å². The number of ether oxygens (including phenoxy) is 1. The fraction of sp³-hybridized carbons (Fsp3) is 0.258. The molecular formula is C31H29Cl2N5O5. The van der Waals surface area contributed by atoms with Gasteiger partial charge in [0.25, 0.3) is 5.56 Å². The van der Waals surface area contributed by atoms with Crippen LogP contribution in [0.4, 0.5) is 11.5 Å². The minimum atomic E-state index is -0.665. The highest BCUT2D eigenvalue weighted by Crippen LogP contribution is 2.32. The number of methoxy groups -OCH3 is 1. The van der Waals surface area contributed by atoms with Crippen molar-refractivity contribution in [3.63, 3.8) is 0 Å². The molecule has 0 spiro atoms. The Hall–Kier alpha value is -4.25. The number of hydrogen-bond acceptors (Lipinski definition) is 6. The maximum Gasteiger partial charge on any atom is 0.331 e. The van der Waals surface area contributed by atoms with Crippen LogP contribution >= 0.6 is 23.2 Å². The molecule has 2 unspecified atom stereocenters. The number of nitrogens with one attached hydrogen (secondary N) is 2. The lowest BCUT2D eigenvalue weighted by atomic mass is 10.1. The molecule has 0 fully saturated rings. The van der Waals surface area contributed by atoms with Gasteiger partial charge in [0.1, 0.15) is 12.4 Å². The Morgan fingerprint density at radius 2 is 1.81 bits per heavy atom. The van der Waals surface area contributed by atoms with Crippen molar-refractivity contribution in [3.05, 3.63) is 109 Å².